The van der Waals surface area contributed by atoms with Crippen molar-refractivity contribution in [1.29, 1.82) is 0 Å². The molecule has 1 aromatic carbocycles. The summed E-state index contributed by atoms with van der Waals surface area (Å²) in [6, 6.07) is 8.34. The molecule has 122 valence electrons. The van der Waals surface area contributed by atoms with Crippen LogP contribution in [-0.2, 0) is 11.2 Å². The highest BCUT2D eigenvalue weighted by Gasteiger charge is 2.28. The van der Waals surface area contributed by atoms with Crippen molar-refractivity contribution < 1.29 is 9.53 Å². The lowest BCUT2D eigenvalue weighted by Crippen LogP contribution is -2.38. The Bertz CT molecular complexity index is 455. The Kier molecular flexibility index (Phi) is 6.72. The van der Waals surface area contributed by atoms with Crippen molar-refractivity contribution in [2.24, 2.45) is 11.7 Å². The number of carbonyl (C=O) groups is 1. The number of nitrogens with two attached hydrogens (primary N) is 1. The van der Waals surface area contributed by atoms with Crippen LogP contribution in [0, 0.1) is 5.92 Å². The van der Waals surface area contributed by atoms with E-state index in [-0.39, 0.29) is 11.9 Å². The third-order valence-corrected chi connectivity index (χ3v) is 4.29. The summed E-state index contributed by atoms with van der Waals surface area (Å²) in [5.74, 6) is 1.68. The summed E-state index contributed by atoms with van der Waals surface area (Å²) >= 11 is 0. The Labute approximate surface area is 133 Å². The molecule has 0 aliphatic heterocycles. The van der Waals surface area contributed by atoms with Gasteiger partial charge in [0.1, 0.15) is 5.75 Å². The maximum atomic E-state index is 11.7. The molecule has 1 aliphatic rings. The predicted molar refractivity (Wildman–Crippen MR) is 88.9 cm³/mol. The Morgan fingerprint density at radius 2 is 2.00 bits per heavy atom. The summed E-state index contributed by atoms with van der Waals surface area (Å²) in [7, 11) is 1.68. The molecule has 4 heteroatoms. The molecule has 1 atom stereocenters. The average molecular weight is 304 g/mol. The molecule has 1 saturated carbocycles. The summed E-state index contributed by atoms with van der Waals surface area (Å²) in [4.78, 5) is 11.7. The summed E-state index contributed by atoms with van der Waals surface area (Å²) < 4.78 is 5.14. The normalized spacial score (nSPS) is 15.4. The second kappa shape index (κ2) is 8.79. The zero-order valence-corrected chi connectivity index (χ0v) is 13.5. The minimum absolute atomic E-state index is 0.139. The maximum Gasteiger partial charge on any atom is 0.220 e. The Balaban J connectivity index is 1.50. The predicted octanol–water partition coefficient (Wildman–Crippen LogP) is 2.65. The zero-order valence-electron chi connectivity index (χ0n) is 13.5. The highest BCUT2D eigenvalue weighted by atomic mass is 16.5. The molecule has 1 amide bonds. The number of rotatable bonds is 10. The highest BCUT2D eigenvalue weighted by Crippen LogP contribution is 2.31. The fourth-order valence-corrected chi connectivity index (χ4v) is 2.59. The van der Waals surface area contributed by atoms with Crippen LogP contribution in [0.2, 0.25) is 0 Å². The fraction of sp³-hybridized carbons (Fsp3) is 0.611. The molecule has 22 heavy (non-hydrogen) atoms. The van der Waals surface area contributed by atoms with E-state index in [1.54, 1.807) is 7.11 Å². The third kappa shape index (κ3) is 6.06. The largest absolute Gasteiger partial charge is 0.497 e. The first-order valence-corrected chi connectivity index (χ1v) is 8.34. The van der Waals surface area contributed by atoms with Gasteiger partial charge in [-0.3, -0.25) is 4.79 Å². The Morgan fingerprint density at radius 1 is 1.27 bits per heavy atom. The van der Waals surface area contributed by atoms with Crippen molar-refractivity contribution in [1.82, 2.24) is 5.32 Å². The van der Waals surface area contributed by atoms with Crippen molar-refractivity contribution in [3.8, 4) is 5.75 Å². The van der Waals surface area contributed by atoms with E-state index in [1.165, 1.54) is 18.4 Å². The topological polar surface area (TPSA) is 64.3 Å². The van der Waals surface area contributed by atoms with E-state index in [0.717, 1.165) is 31.4 Å². The second-order valence-corrected chi connectivity index (χ2v) is 6.21. The minimum Gasteiger partial charge on any atom is -0.497 e. The lowest BCUT2D eigenvalue weighted by atomic mass is 10.1. The molecule has 3 N–H and O–H groups in total. The van der Waals surface area contributed by atoms with Gasteiger partial charge in [0.25, 0.3) is 0 Å². The monoisotopic (exact) mass is 304 g/mol. The second-order valence-electron chi connectivity index (χ2n) is 6.21. The molecule has 2 rings (SSSR count). The lowest BCUT2D eigenvalue weighted by Gasteiger charge is -2.11. The molecular weight excluding hydrogens is 276 g/mol. The molecule has 0 saturated heterocycles. The fourth-order valence-electron chi connectivity index (χ4n) is 2.59. The standard InChI is InChI=1S/C18H28N2O2/c1-22-16-11-7-14(8-12-16)5-3-2-4-6-18(21)20-13-17(19)15-9-10-15/h7-8,11-12,15,17H,2-6,9-10,13,19H2,1H3,(H,20,21). The van der Waals surface area contributed by atoms with Crippen LogP contribution in [0.5, 0.6) is 5.75 Å². The maximum absolute atomic E-state index is 11.7. The van der Waals surface area contributed by atoms with Crippen molar-refractivity contribution in [3.63, 3.8) is 0 Å². The molecule has 1 unspecified atom stereocenters. The van der Waals surface area contributed by atoms with E-state index in [0.29, 0.717) is 18.9 Å². The number of carbonyl (C=O) groups excluding carboxylic acids is 1. The number of benzene rings is 1. The van der Waals surface area contributed by atoms with E-state index in [4.69, 9.17) is 10.5 Å². The number of nitrogens with one attached hydrogen (secondary N) is 1. The van der Waals surface area contributed by atoms with Crippen LogP contribution in [0.4, 0.5) is 0 Å². The summed E-state index contributed by atoms with van der Waals surface area (Å²) in [5.41, 5.74) is 7.29. The van der Waals surface area contributed by atoms with E-state index in [9.17, 15) is 4.79 Å². The molecule has 0 radical (unpaired) electrons. The number of ether oxygens (including phenoxy) is 1. The van der Waals surface area contributed by atoms with Crippen LogP contribution in [0.15, 0.2) is 24.3 Å². The highest BCUT2D eigenvalue weighted by molar-refractivity contribution is 5.75. The van der Waals surface area contributed by atoms with Gasteiger partial charge in [0.15, 0.2) is 0 Å². The summed E-state index contributed by atoms with van der Waals surface area (Å²) in [6.07, 6.45) is 7.25. The molecular formula is C18H28N2O2. The molecule has 0 bridgehead atoms. The van der Waals surface area contributed by atoms with Crippen molar-refractivity contribution >= 4 is 5.91 Å². The first-order chi connectivity index (χ1) is 10.7. The van der Waals surface area contributed by atoms with E-state index < -0.39 is 0 Å². The van der Waals surface area contributed by atoms with Gasteiger partial charge in [-0.2, -0.15) is 0 Å². The first-order valence-electron chi connectivity index (χ1n) is 8.34. The molecule has 1 aliphatic carbocycles. The van der Waals surface area contributed by atoms with E-state index in [1.807, 2.05) is 12.1 Å². The van der Waals surface area contributed by atoms with Crippen molar-refractivity contribution in [2.45, 2.75) is 51.0 Å². The van der Waals surface area contributed by atoms with Gasteiger partial charge in [0, 0.05) is 19.0 Å². The third-order valence-electron chi connectivity index (χ3n) is 4.29. The van der Waals surface area contributed by atoms with E-state index in [2.05, 4.69) is 17.4 Å². The molecule has 1 fully saturated rings. The van der Waals surface area contributed by atoms with Crippen molar-refractivity contribution in [3.05, 3.63) is 29.8 Å². The molecule has 0 aromatic heterocycles. The molecule has 0 heterocycles. The number of hydrogen-bond acceptors (Lipinski definition) is 3. The smallest absolute Gasteiger partial charge is 0.220 e. The number of hydrogen-bond donors (Lipinski definition) is 2. The average Bonchev–Trinajstić information content (AvgIpc) is 3.38. The minimum atomic E-state index is 0.139. The van der Waals surface area contributed by atoms with Crippen LogP contribution in [0.3, 0.4) is 0 Å². The van der Waals surface area contributed by atoms with Crippen LogP contribution < -0.4 is 15.8 Å². The van der Waals surface area contributed by atoms with Crippen molar-refractivity contribution in [2.75, 3.05) is 13.7 Å². The number of aryl methyl sites for hydroxylation is 1. The van der Waals surface area contributed by atoms with Gasteiger partial charge in [0.2, 0.25) is 5.91 Å². The summed E-state index contributed by atoms with van der Waals surface area (Å²) in [5, 5.41) is 2.95. The zero-order chi connectivity index (χ0) is 15.8. The van der Waals surface area contributed by atoms with Gasteiger partial charge >= 0.3 is 0 Å². The van der Waals surface area contributed by atoms with Gasteiger partial charge in [-0.25, -0.2) is 0 Å². The summed E-state index contributed by atoms with van der Waals surface area (Å²) in [6.45, 7) is 0.634. The Hall–Kier alpha value is -1.55. The Morgan fingerprint density at radius 3 is 2.64 bits per heavy atom. The SMILES string of the molecule is COc1ccc(CCCCCC(=O)NCC(N)C2CC2)cc1. The van der Waals surface area contributed by atoms with Crippen LogP contribution in [0.25, 0.3) is 0 Å². The number of methoxy groups -OCH3 is 1. The van der Waals surface area contributed by atoms with Gasteiger partial charge in [-0.15, -0.1) is 0 Å². The van der Waals surface area contributed by atoms with Crippen LogP contribution in [-0.4, -0.2) is 25.6 Å². The first kappa shape index (κ1) is 16.8. The van der Waals surface area contributed by atoms with Crippen LogP contribution >= 0.6 is 0 Å². The lowest BCUT2D eigenvalue weighted by molar-refractivity contribution is -0.121. The van der Waals surface area contributed by atoms with Crippen LogP contribution in [0.1, 0.15) is 44.1 Å². The number of unbranched alkanes of at least 4 members (excludes halogenated alkanes) is 2. The quantitative estimate of drug-likeness (QED) is 0.653. The number of amides is 1. The van der Waals surface area contributed by atoms with Gasteiger partial charge in [-0.1, -0.05) is 18.6 Å². The van der Waals surface area contributed by atoms with Gasteiger partial charge in [0.05, 0.1) is 7.11 Å². The van der Waals surface area contributed by atoms with Gasteiger partial charge in [-0.05, 0) is 55.7 Å². The molecule has 0 spiro atoms. The van der Waals surface area contributed by atoms with Gasteiger partial charge < -0.3 is 15.8 Å². The molecule has 4 nitrogen and oxygen atoms in total. The van der Waals surface area contributed by atoms with E-state index >= 15 is 0 Å². The molecule has 1 aromatic rings.